The lowest BCUT2D eigenvalue weighted by Crippen LogP contribution is -2.10. The maximum atomic E-state index is 6.83. The van der Waals surface area contributed by atoms with Gasteiger partial charge in [-0.15, -0.1) is 0 Å². The molecule has 206 valence electrons. The lowest BCUT2D eigenvalue weighted by molar-refractivity contribution is 0.673. The third kappa shape index (κ3) is 3.89. The Bertz CT molecular complexity index is 2500. The van der Waals surface area contributed by atoms with E-state index in [4.69, 9.17) is 4.42 Å². The van der Waals surface area contributed by atoms with Crippen molar-refractivity contribution in [3.05, 3.63) is 164 Å². The number of fused-ring (bicyclic) bond motifs is 7. The van der Waals surface area contributed by atoms with Crippen LogP contribution in [0.4, 0.5) is 17.1 Å². The quantitative estimate of drug-likeness (QED) is 0.212. The first-order valence-electron chi connectivity index (χ1n) is 15.0. The predicted molar refractivity (Wildman–Crippen MR) is 186 cm³/mol. The van der Waals surface area contributed by atoms with Crippen molar-refractivity contribution in [3.8, 4) is 11.1 Å². The zero-order valence-electron chi connectivity index (χ0n) is 23.9. The summed E-state index contributed by atoms with van der Waals surface area (Å²) in [6, 6.07) is 58.5. The minimum Gasteiger partial charge on any atom is -0.453 e. The van der Waals surface area contributed by atoms with Crippen molar-refractivity contribution in [3.63, 3.8) is 0 Å². The van der Waals surface area contributed by atoms with E-state index in [0.717, 1.165) is 44.4 Å². The summed E-state index contributed by atoms with van der Waals surface area (Å²) in [4.78, 5) is 2.35. The summed E-state index contributed by atoms with van der Waals surface area (Å²) < 4.78 is 6.83. The Kier molecular flexibility index (Phi) is 5.54. The van der Waals surface area contributed by atoms with E-state index < -0.39 is 0 Å². The van der Waals surface area contributed by atoms with Crippen molar-refractivity contribution in [1.82, 2.24) is 0 Å². The first-order valence-corrected chi connectivity index (χ1v) is 15.0. The van der Waals surface area contributed by atoms with Gasteiger partial charge in [-0.1, -0.05) is 127 Å². The van der Waals surface area contributed by atoms with Crippen molar-refractivity contribution in [2.24, 2.45) is 0 Å². The second-order valence-electron chi connectivity index (χ2n) is 11.4. The van der Waals surface area contributed by atoms with E-state index in [9.17, 15) is 0 Å². The minimum absolute atomic E-state index is 0.880. The summed E-state index contributed by atoms with van der Waals surface area (Å²) in [7, 11) is 0. The van der Waals surface area contributed by atoms with Gasteiger partial charge in [0.05, 0.1) is 11.4 Å². The number of nitrogens with zero attached hydrogens (tertiary/aromatic N) is 1. The van der Waals surface area contributed by atoms with Crippen LogP contribution < -0.4 is 4.90 Å². The first-order chi connectivity index (χ1) is 21.8. The molecule has 0 amide bonds. The molecule has 2 heteroatoms. The van der Waals surface area contributed by atoms with E-state index in [1.807, 2.05) is 0 Å². The average Bonchev–Trinajstić information content (AvgIpc) is 3.49. The molecule has 0 atom stereocenters. The normalized spacial score (nSPS) is 11.6. The second kappa shape index (κ2) is 9.86. The molecule has 44 heavy (non-hydrogen) atoms. The van der Waals surface area contributed by atoms with Gasteiger partial charge < -0.3 is 9.32 Å². The van der Waals surface area contributed by atoms with E-state index in [1.54, 1.807) is 0 Å². The molecule has 0 spiro atoms. The van der Waals surface area contributed by atoms with E-state index in [-0.39, 0.29) is 0 Å². The first kappa shape index (κ1) is 24.7. The van der Waals surface area contributed by atoms with E-state index in [0.29, 0.717) is 0 Å². The summed E-state index contributed by atoms with van der Waals surface area (Å²) >= 11 is 0. The van der Waals surface area contributed by atoms with Crippen LogP contribution in [0.25, 0.3) is 65.4 Å². The average molecular weight is 562 g/mol. The number of para-hydroxylation sites is 1. The highest BCUT2D eigenvalue weighted by molar-refractivity contribution is 6.18. The van der Waals surface area contributed by atoms with Crippen molar-refractivity contribution in [2.75, 3.05) is 4.90 Å². The molecule has 0 bridgehead atoms. The Morgan fingerprint density at radius 2 is 0.909 bits per heavy atom. The fourth-order valence-corrected chi connectivity index (χ4v) is 6.67. The molecule has 0 unspecified atom stereocenters. The lowest BCUT2D eigenvalue weighted by atomic mass is 10.0. The van der Waals surface area contributed by atoms with Crippen LogP contribution in [-0.2, 0) is 0 Å². The number of hydrogen-bond donors (Lipinski definition) is 0. The van der Waals surface area contributed by atoms with E-state index >= 15 is 0 Å². The zero-order chi connectivity index (χ0) is 29.0. The van der Waals surface area contributed by atoms with Crippen LogP contribution in [0.1, 0.15) is 0 Å². The van der Waals surface area contributed by atoms with Gasteiger partial charge in [-0.05, 0) is 69.1 Å². The Morgan fingerprint density at radius 3 is 1.75 bits per heavy atom. The topological polar surface area (TPSA) is 16.4 Å². The molecule has 1 heterocycles. The fraction of sp³-hybridized carbons (Fsp3) is 0. The van der Waals surface area contributed by atoms with E-state index in [1.165, 1.54) is 38.1 Å². The van der Waals surface area contributed by atoms with Gasteiger partial charge in [-0.2, -0.15) is 0 Å². The summed E-state index contributed by atoms with van der Waals surface area (Å²) in [6.45, 7) is 0. The van der Waals surface area contributed by atoms with Crippen LogP contribution in [0, 0.1) is 0 Å². The van der Waals surface area contributed by atoms with Crippen LogP contribution >= 0.6 is 0 Å². The standard InChI is InChI=1S/C42H27NO/c1-2-12-32-27-33(20-19-28(32)9-1)29-21-24-34(25-22-29)43(39-17-7-13-30-10-3-5-14-35(30)39)40-18-8-16-37-38-26-23-31-11-4-6-15-36(31)41(38)44-42(37)40/h1-27H. The van der Waals surface area contributed by atoms with E-state index in [2.05, 4.69) is 169 Å². The number of anilines is 3. The fourth-order valence-electron chi connectivity index (χ4n) is 6.67. The highest BCUT2D eigenvalue weighted by Gasteiger charge is 2.21. The Labute approximate surface area is 255 Å². The Hall–Kier alpha value is -5.86. The van der Waals surface area contributed by atoms with Gasteiger partial charge in [0.15, 0.2) is 5.58 Å². The molecule has 2 nitrogen and oxygen atoms in total. The monoisotopic (exact) mass is 561 g/mol. The third-order valence-electron chi connectivity index (χ3n) is 8.82. The molecular formula is C42H27NO. The second-order valence-corrected chi connectivity index (χ2v) is 11.4. The SMILES string of the molecule is c1ccc2cc(-c3ccc(N(c4cccc5ccccc45)c4cccc5c4oc4c6ccccc6ccc54)cc3)ccc2c1. The molecule has 0 saturated carbocycles. The smallest absolute Gasteiger partial charge is 0.159 e. The Balaban J connectivity index is 1.27. The van der Waals surface area contributed by atoms with Crippen molar-refractivity contribution in [1.29, 1.82) is 0 Å². The van der Waals surface area contributed by atoms with Crippen molar-refractivity contribution < 1.29 is 4.42 Å². The van der Waals surface area contributed by atoms with Gasteiger partial charge in [0.25, 0.3) is 0 Å². The van der Waals surface area contributed by atoms with Crippen molar-refractivity contribution >= 4 is 71.3 Å². The molecule has 9 rings (SSSR count). The van der Waals surface area contributed by atoms with Crippen LogP contribution in [0.5, 0.6) is 0 Å². The maximum Gasteiger partial charge on any atom is 0.159 e. The van der Waals surface area contributed by atoms with Crippen LogP contribution in [0.15, 0.2) is 168 Å². The molecule has 0 aliphatic carbocycles. The summed E-state index contributed by atoms with van der Waals surface area (Å²) in [5.74, 6) is 0. The number of furan rings is 1. The molecule has 0 aliphatic rings. The van der Waals surface area contributed by atoms with Gasteiger partial charge in [-0.25, -0.2) is 0 Å². The summed E-state index contributed by atoms with van der Waals surface area (Å²) in [6.07, 6.45) is 0. The molecular weight excluding hydrogens is 534 g/mol. The Morgan fingerprint density at radius 1 is 0.341 bits per heavy atom. The minimum atomic E-state index is 0.880. The largest absolute Gasteiger partial charge is 0.453 e. The van der Waals surface area contributed by atoms with Crippen LogP contribution in [0.3, 0.4) is 0 Å². The van der Waals surface area contributed by atoms with Gasteiger partial charge in [-0.3, -0.25) is 0 Å². The van der Waals surface area contributed by atoms with Gasteiger partial charge in [0.1, 0.15) is 5.58 Å². The zero-order valence-corrected chi connectivity index (χ0v) is 23.9. The number of rotatable bonds is 4. The molecule has 1 aromatic heterocycles. The van der Waals surface area contributed by atoms with Crippen molar-refractivity contribution in [2.45, 2.75) is 0 Å². The maximum absolute atomic E-state index is 6.83. The van der Waals surface area contributed by atoms with Crippen LogP contribution in [-0.4, -0.2) is 0 Å². The molecule has 0 saturated heterocycles. The third-order valence-corrected chi connectivity index (χ3v) is 8.82. The predicted octanol–water partition coefficient (Wildman–Crippen LogP) is 12.2. The summed E-state index contributed by atoms with van der Waals surface area (Å²) in [5.41, 5.74) is 7.39. The molecule has 0 N–H and O–H groups in total. The molecule has 0 fully saturated rings. The van der Waals surface area contributed by atoms with Gasteiger partial charge in [0, 0.05) is 27.2 Å². The lowest BCUT2D eigenvalue weighted by Gasteiger charge is -2.27. The van der Waals surface area contributed by atoms with Gasteiger partial charge in [0.2, 0.25) is 0 Å². The molecule has 8 aromatic carbocycles. The highest BCUT2D eigenvalue weighted by atomic mass is 16.3. The molecule has 0 radical (unpaired) electrons. The highest BCUT2D eigenvalue weighted by Crippen LogP contribution is 2.45. The van der Waals surface area contributed by atoms with Crippen LogP contribution in [0.2, 0.25) is 0 Å². The number of benzene rings is 8. The molecule has 0 aliphatic heterocycles. The number of hydrogen-bond acceptors (Lipinski definition) is 2. The summed E-state index contributed by atoms with van der Waals surface area (Å²) in [5, 5.41) is 9.43. The van der Waals surface area contributed by atoms with Gasteiger partial charge >= 0.3 is 0 Å². The molecule has 9 aromatic rings.